The molecule has 0 aliphatic carbocycles. The van der Waals surface area contributed by atoms with Gasteiger partial charge in [0.2, 0.25) is 0 Å². The Bertz CT molecular complexity index is 1010. The fourth-order valence-corrected chi connectivity index (χ4v) is 5.23. The molecule has 1 fully saturated rings. The normalized spacial score (nSPS) is 24.9. The van der Waals surface area contributed by atoms with E-state index < -0.39 is 12.2 Å². The smallest absolute Gasteiger partial charge is 0.109 e. The van der Waals surface area contributed by atoms with Gasteiger partial charge in [-0.1, -0.05) is 36.4 Å². The molecule has 1 aromatic carbocycles. The van der Waals surface area contributed by atoms with Crippen molar-refractivity contribution in [2.75, 3.05) is 19.7 Å². The van der Waals surface area contributed by atoms with Gasteiger partial charge < -0.3 is 14.9 Å². The Labute approximate surface area is 200 Å². The highest BCUT2D eigenvalue weighted by Crippen LogP contribution is 2.31. The van der Waals surface area contributed by atoms with Crippen molar-refractivity contribution in [3.63, 3.8) is 0 Å². The van der Waals surface area contributed by atoms with E-state index in [1.165, 1.54) is 11.1 Å². The van der Waals surface area contributed by atoms with Gasteiger partial charge >= 0.3 is 0 Å². The molecular weight excluding hydrogens is 428 g/mol. The van der Waals surface area contributed by atoms with Crippen molar-refractivity contribution in [2.45, 2.75) is 50.4 Å². The largest absolute Gasteiger partial charge is 0.394 e. The molecule has 2 aromatic heterocycles. The third-order valence-corrected chi connectivity index (χ3v) is 6.88. The number of hydrogen-bond donors (Lipinski definition) is 2. The van der Waals surface area contributed by atoms with Gasteiger partial charge in [-0.05, 0) is 41.8 Å². The molecule has 3 aromatic rings. The first-order valence-corrected chi connectivity index (χ1v) is 12.0. The first-order valence-electron chi connectivity index (χ1n) is 12.0. The number of ether oxygens (including phenoxy) is 1. The lowest BCUT2D eigenvalue weighted by atomic mass is 9.95. The third kappa shape index (κ3) is 5.19. The van der Waals surface area contributed by atoms with Crippen LogP contribution >= 0.6 is 0 Å². The van der Waals surface area contributed by atoms with Gasteiger partial charge in [0.1, 0.15) is 12.2 Å². The molecule has 2 aliphatic heterocycles. The van der Waals surface area contributed by atoms with Gasteiger partial charge in [-0.15, -0.1) is 0 Å². The molecule has 7 nitrogen and oxygen atoms in total. The zero-order chi connectivity index (χ0) is 23.3. The summed E-state index contributed by atoms with van der Waals surface area (Å²) in [6.45, 7) is 3.33. The second-order valence-corrected chi connectivity index (χ2v) is 9.18. The second-order valence-electron chi connectivity index (χ2n) is 9.18. The molecule has 2 aliphatic rings. The SMILES string of the molecule is OC[C@@H]1O[C@H](CN(Cc2ccccn2)Cc2ccccn2)[C@@H](N2CCc3ccccc3C2)[C@@H]1O. The fourth-order valence-electron chi connectivity index (χ4n) is 5.23. The van der Waals surface area contributed by atoms with E-state index >= 15 is 0 Å². The van der Waals surface area contributed by atoms with Gasteiger partial charge in [0.05, 0.1) is 30.1 Å². The van der Waals surface area contributed by atoms with Gasteiger partial charge in [-0.2, -0.15) is 0 Å². The number of hydrogen-bond acceptors (Lipinski definition) is 7. The number of fused-ring (bicyclic) bond motifs is 1. The molecule has 34 heavy (non-hydrogen) atoms. The van der Waals surface area contributed by atoms with E-state index in [0.717, 1.165) is 30.9 Å². The quantitative estimate of drug-likeness (QED) is 0.532. The maximum atomic E-state index is 11.1. The van der Waals surface area contributed by atoms with Crippen molar-refractivity contribution in [2.24, 2.45) is 0 Å². The highest BCUT2D eigenvalue weighted by atomic mass is 16.5. The first-order chi connectivity index (χ1) is 16.7. The molecule has 5 rings (SSSR count). The number of pyridine rings is 2. The summed E-state index contributed by atoms with van der Waals surface area (Å²) in [5, 5.41) is 21.0. The van der Waals surface area contributed by atoms with Crippen molar-refractivity contribution >= 4 is 0 Å². The van der Waals surface area contributed by atoms with Gasteiger partial charge in [-0.3, -0.25) is 19.8 Å². The Balaban J connectivity index is 1.37. The summed E-state index contributed by atoms with van der Waals surface area (Å²) in [6.07, 6.45) is 2.98. The molecule has 0 bridgehead atoms. The summed E-state index contributed by atoms with van der Waals surface area (Å²) < 4.78 is 6.26. The first kappa shape index (κ1) is 23.1. The Hall–Kier alpha value is -2.68. The standard InChI is InChI=1S/C27H32N4O3/c32-19-25-27(33)26(31-14-11-20-7-1-2-8-21(20)15-31)24(34-25)18-30(16-22-9-3-5-12-28-22)17-23-10-4-6-13-29-23/h1-10,12-13,24-27,32-33H,11,14-19H2/t24-,25+,26-,27-/m1/s1. The minimum absolute atomic E-state index is 0.194. The van der Waals surface area contributed by atoms with Crippen LogP contribution in [0.1, 0.15) is 22.5 Å². The van der Waals surface area contributed by atoms with Crippen molar-refractivity contribution in [3.8, 4) is 0 Å². The lowest BCUT2D eigenvalue weighted by Gasteiger charge is -2.38. The van der Waals surface area contributed by atoms with E-state index in [1.54, 1.807) is 12.4 Å². The van der Waals surface area contributed by atoms with E-state index in [1.807, 2.05) is 36.4 Å². The van der Waals surface area contributed by atoms with Crippen LogP contribution in [0.4, 0.5) is 0 Å². The number of aliphatic hydroxyl groups is 2. The van der Waals surface area contributed by atoms with Crippen LogP contribution in [-0.4, -0.2) is 74.0 Å². The predicted octanol–water partition coefficient (Wildman–Crippen LogP) is 2.03. The second kappa shape index (κ2) is 10.7. The molecular formula is C27H32N4O3. The number of aliphatic hydroxyl groups excluding tert-OH is 2. The van der Waals surface area contributed by atoms with Crippen LogP contribution in [0.25, 0.3) is 0 Å². The number of nitrogens with zero attached hydrogens (tertiary/aromatic N) is 4. The Morgan fingerprint density at radius 2 is 1.53 bits per heavy atom. The molecule has 0 unspecified atom stereocenters. The molecule has 1 saturated heterocycles. The molecule has 2 N–H and O–H groups in total. The number of aromatic nitrogens is 2. The minimum Gasteiger partial charge on any atom is -0.394 e. The summed E-state index contributed by atoms with van der Waals surface area (Å²) >= 11 is 0. The minimum atomic E-state index is -0.744. The van der Waals surface area contributed by atoms with E-state index in [0.29, 0.717) is 19.6 Å². The van der Waals surface area contributed by atoms with Crippen molar-refractivity contribution in [1.29, 1.82) is 0 Å². The lowest BCUT2D eigenvalue weighted by Crippen LogP contribution is -2.52. The van der Waals surface area contributed by atoms with Crippen molar-refractivity contribution in [1.82, 2.24) is 19.8 Å². The zero-order valence-electron chi connectivity index (χ0n) is 19.3. The van der Waals surface area contributed by atoms with E-state index in [4.69, 9.17) is 4.74 Å². The topological polar surface area (TPSA) is 82.0 Å². The molecule has 0 saturated carbocycles. The van der Waals surface area contributed by atoms with Gasteiger partial charge in [0, 0.05) is 45.1 Å². The van der Waals surface area contributed by atoms with E-state index in [2.05, 4.69) is 44.0 Å². The van der Waals surface area contributed by atoms with Gasteiger partial charge in [-0.25, -0.2) is 0 Å². The van der Waals surface area contributed by atoms with Crippen LogP contribution in [0, 0.1) is 0 Å². The Morgan fingerprint density at radius 3 is 2.15 bits per heavy atom. The number of rotatable bonds is 8. The van der Waals surface area contributed by atoms with Crippen LogP contribution in [0.15, 0.2) is 73.1 Å². The van der Waals surface area contributed by atoms with Gasteiger partial charge in [0.15, 0.2) is 0 Å². The summed E-state index contributed by atoms with van der Waals surface area (Å²) in [5.41, 5.74) is 4.61. The average molecular weight is 461 g/mol. The molecule has 4 atom stereocenters. The lowest BCUT2D eigenvalue weighted by molar-refractivity contribution is -0.0328. The maximum Gasteiger partial charge on any atom is 0.109 e. The van der Waals surface area contributed by atoms with Crippen LogP contribution in [-0.2, 0) is 30.8 Å². The Kier molecular flexibility index (Phi) is 7.27. The maximum absolute atomic E-state index is 11.1. The summed E-state index contributed by atoms with van der Waals surface area (Å²) in [7, 11) is 0. The van der Waals surface area contributed by atoms with Crippen LogP contribution in [0.3, 0.4) is 0 Å². The highest BCUT2D eigenvalue weighted by molar-refractivity contribution is 5.29. The van der Waals surface area contributed by atoms with Gasteiger partial charge in [0.25, 0.3) is 0 Å². The monoisotopic (exact) mass is 460 g/mol. The molecule has 4 heterocycles. The van der Waals surface area contributed by atoms with Crippen LogP contribution in [0.2, 0.25) is 0 Å². The van der Waals surface area contributed by atoms with E-state index in [-0.39, 0.29) is 18.8 Å². The van der Waals surface area contributed by atoms with Crippen LogP contribution < -0.4 is 0 Å². The van der Waals surface area contributed by atoms with E-state index in [9.17, 15) is 10.2 Å². The number of benzene rings is 1. The molecule has 0 amide bonds. The van der Waals surface area contributed by atoms with Crippen LogP contribution in [0.5, 0.6) is 0 Å². The average Bonchev–Trinajstić information content (AvgIpc) is 3.19. The third-order valence-electron chi connectivity index (χ3n) is 6.88. The highest BCUT2D eigenvalue weighted by Gasteiger charge is 2.47. The Morgan fingerprint density at radius 1 is 0.882 bits per heavy atom. The van der Waals surface area contributed by atoms with Crippen molar-refractivity contribution in [3.05, 3.63) is 95.6 Å². The summed E-state index contributed by atoms with van der Waals surface area (Å²) in [6, 6.07) is 20.2. The fraction of sp³-hybridized carbons (Fsp3) is 0.407. The zero-order valence-corrected chi connectivity index (χ0v) is 19.3. The summed E-state index contributed by atoms with van der Waals surface area (Å²) in [4.78, 5) is 13.6. The molecule has 7 heteroatoms. The molecule has 0 radical (unpaired) electrons. The predicted molar refractivity (Wildman–Crippen MR) is 129 cm³/mol. The molecule has 178 valence electrons. The molecule has 0 spiro atoms. The summed E-state index contributed by atoms with van der Waals surface area (Å²) in [5.74, 6) is 0. The van der Waals surface area contributed by atoms with Crippen molar-refractivity contribution < 1.29 is 14.9 Å².